The summed E-state index contributed by atoms with van der Waals surface area (Å²) in [4.78, 5) is 14.7. The van der Waals surface area contributed by atoms with Crippen molar-refractivity contribution in [1.82, 2.24) is 4.90 Å². The summed E-state index contributed by atoms with van der Waals surface area (Å²) in [6, 6.07) is 14.5. The molecule has 5 rings (SSSR count). The highest BCUT2D eigenvalue weighted by atomic mass is 19.1. The SMILES string of the molecule is CCOC(=O)Nc1ccc2c(c1)[C@]1(C)CCC3CC1C(C2)N(CCc1ccc(F)cc1)C3C. The number of halogens is 1. The van der Waals surface area contributed by atoms with Crippen LogP contribution in [0, 0.1) is 17.7 Å². The van der Waals surface area contributed by atoms with Crippen molar-refractivity contribution in [3.8, 4) is 0 Å². The first kappa shape index (κ1) is 22.4. The lowest BCUT2D eigenvalue weighted by molar-refractivity contribution is -0.0616. The number of fused-ring (bicyclic) bond motifs is 3. The first-order valence-electron chi connectivity index (χ1n) is 12.5. The van der Waals surface area contributed by atoms with Crippen LogP contribution in [0.3, 0.4) is 0 Å². The molecule has 5 heteroatoms. The molecule has 1 saturated heterocycles. The van der Waals surface area contributed by atoms with Gasteiger partial charge in [-0.25, -0.2) is 9.18 Å². The zero-order valence-electron chi connectivity index (χ0n) is 19.9. The Labute approximate surface area is 196 Å². The third kappa shape index (κ3) is 4.05. The molecule has 0 radical (unpaired) electrons. The van der Waals surface area contributed by atoms with E-state index in [9.17, 15) is 9.18 Å². The lowest BCUT2D eigenvalue weighted by Crippen LogP contribution is -2.63. The Kier molecular flexibility index (Phi) is 5.94. The number of hydrogen-bond acceptors (Lipinski definition) is 3. The van der Waals surface area contributed by atoms with E-state index >= 15 is 0 Å². The summed E-state index contributed by atoms with van der Waals surface area (Å²) in [6.45, 7) is 8.05. The van der Waals surface area contributed by atoms with E-state index in [0.29, 0.717) is 24.6 Å². The number of rotatable bonds is 5. The topological polar surface area (TPSA) is 41.6 Å². The fourth-order valence-corrected chi connectivity index (χ4v) is 6.95. The highest BCUT2D eigenvalue weighted by Crippen LogP contribution is 2.56. The van der Waals surface area contributed by atoms with Gasteiger partial charge < -0.3 is 4.74 Å². The zero-order chi connectivity index (χ0) is 23.2. The van der Waals surface area contributed by atoms with Crippen LogP contribution in [0.1, 0.15) is 56.7 Å². The molecule has 2 aromatic carbocycles. The van der Waals surface area contributed by atoms with Crippen molar-refractivity contribution >= 4 is 11.8 Å². The Balaban J connectivity index is 1.42. The monoisotopic (exact) mass is 450 g/mol. The van der Waals surface area contributed by atoms with Crippen LogP contribution in [0.2, 0.25) is 0 Å². The highest BCUT2D eigenvalue weighted by Gasteiger charge is 2.54. The average Bonchev–Trinajstić information content (AvgIpc) is 2.80. The third-order valence-electron chi connectivity index (χ3n) is 8.75. The summed E-state index contributed by atoms with van der Waals surface area (Å²) < 4.78 is 18.4. The smallest absolute Gasteiger partial charge is 0.411 e. The second-order valence-corrected chi connectivity index (χ2v) is 10.4. The lowest BCUT2D eigenvalue weighted by atomic mass is 9.52. The van der Waals surface area contributed by atoms with Gasteiger partial charge in [-0.2, -0.15) is 0 Å². The number of anilines is 1. The summed E-state index contributed by atoms with van der Waals surface area (Å²) in [5.74, 6) is 1.18. The molecular formula is C28H35FN2O2. The first-order valence-corrected chi connectivity index (χ1v) is 12.5. The Morgan fingerprint density at radius 2 is 2.03 bits per heavy atom. The van der Waals surface area contributed by atoms with E-state index in [2.05, 4.69) is 36.2 Å². The van der Waals surface area contributed by atoms with E-state index in [4.69, 9.17) is 4.74 Å². The second kappa shape index (κ2) is 8.75. The molecule has 33 heavy (non-hydrogen) atoms. The summed E-state index contributed by atoms with van der Waals surface area (Å²) in [6.07, 6.45) is 5.33. The number of carbonyl (C=O) groups is 1. The summed E-state index contributed by atoms with van der Waals surface area (Å²) in [5.41, 5.74) is 4.96. The van der Waals surface area contributed by atoms with Crippen LogP contribution in [0.4, 0.5) is 14.9 Å². The van der Waals surface area contributed by atoms with Crippen molar-refractivity contribution in [2.24, 2.45) is 11.8 Å². The predicted octanol–water partition coefficient (Wildman–Crippen LogP) is 5.94. The number of likely N-dealkylation sites (tertiary alicyclic amines) is 1. The van der Waals surface area contributed by atoms with Crippen molar-refractivity contribution in [3.63, 3.8) is 0 Å². The minimum absolute atomic E-state index is 0.120. The third-order valence-corrected chi connectivity index (χ3v) is 8.75. The molecule has 1 saturated carbocycles. The molecule has 1 amide bonds. The lowest BCUT2D eigenvalue weighted by Gasteiger charge is -2.61. The molecule has 1 heterocycles. The Bertz CT molecular complexity index is 1020. The average molecular weight is 451 g/mol. The molecule has 2 aliphatic carbocycles. The van der Waals surface area contributed by atoms with Gasteiger partial charge in [-0.15, -0.1) is 0 Å². The van der Waals surface area contributed by atoms with Crippen LogP contribution in [0.25, 0.3) is 0 Å². The number of ether oxygens (including phenoxy) is 1. The van der Waals surface area contributed by atoms with E-state index in [1.165, 1.54) is 36.0 Å². The molecule has 3 aliphatic rings. The van der Waals surface area contributed by atoms with Crippen LogP contribution in [-0.4, -0.2) is 36.2 Å². The van der Waals surface area contributed by atoms with Gasteiger partial charge in [0, 0.05) is 24.3 Å². The quantitative estimate of drug-likeness (QED) is 0.613. The van der Waals surface area contributed by atoms with Gasteiger partial charge in [0.25, 0.3) is 0 Å². The van der Waals surface area contributed by atoms with Gasteiger partial charge in [0.1, 0.15) is 5.82 Å². The largest absolute Gasteiger partial charge is 0.450 e. The van der Waals surface area contributed by atoms with E-state index in [0.717, 1.165) is 31.0 Å². The summed E-state index contributed by atoms with van der Waals surface area (Å²) >= 11 is 0. The molecule has 0 spiro atoms. The molecule has 176 valence electrons. The van der Waals surface area contributed by atoms with Crippen LogP contribution in [-0.2, 0) is 23.0 Å². The fraction of sp³-hybridized carbons (Fsp3) is 0.536. The normalized spacial score (nSPS) is 30.4. The standard InChI is InChI=1S/C28H35FN2O2/c1-4-33-27(32)30-23-10-7-21-16-26-25-15-20(11-13-28(25,3)24(21)17-23)18(2)31(26)14-12-19-5-8-22(29)9-6-19/h5-10,17-18,20,25-26H,4,11-16H2,1-3H3,(H,30,32)/t18?,20?,25?,26?,28-/m0/s1. The summed E-state index contributed by atoms with van der Waals surface area (Å²) in [7, 11) is 0. The predicted molar refractivity (Wildman–Crippen MR) is 129 cm³/mol. The van der Waals surface area contributed by atoms with E-state index in [1.807, 2.05) is 25.1 Å². The van der Waals surface area contributed by atoms with Gasteiger partial charge in [0.2, 0.25) is 0 Å². The highest BCUT2D eigenvalue weighted by molar-refractivity contribution is 5.84. The van der Waals surface area contributed by atoms with Crippen molar-refractivity contribution in [2.75, 3.05) is 18.5 Å². The van der Waals surface area contributed by atoms with Crippen LogP contribution in [0.5, 0.6) is 0 Å². The van der Waals surface area contributed by atoms with E-state index in [1.54, 1.807) is 12.1 Å². The number of nitrogens with zero attached hydrogens (tertiary/aromatic N) is 1. The first-order chi connectivity index (χ1) is 15.9. The van der Waals surface area contributed by atoms with Gasteiger partial charge in [0.05, 0.1) is 6.61 Å². The molecule has 2 aromatic rings. The molecule has 0 aromatic heterocycles. The van der Waals surface area contributed by atoms with Crippen LogP contribution in [0.15, 0.2) is 42.5 Å². The van der Waals surface area contributed by atoms with Crippen molar-refractivity contribution < 1.29 is 13.9 Å². The van der Waals surface area contributed by atoms with Gasteiger partial charge in [-0.1, -0.05) is 25.1 Å². The van der Waals surface area contributed by atoms with Gasteiger partial charge in [-0.05, 0) is 104 Å². The van der Waals surface area contributed by atoms with E-state index in [-0.39, 0.29) is 11.2 Å². The molecule has 5 atom stereocenters. The summed E-state index contributed by atoms with van der Waals surface area (Å²) in [5, 5.41) is 2.90. The maximum atomic E-state index is 13.3. The molecular weight excluding hydrogens is 415 g/mol. The Morgan fingerprint density at radius 3 is 2.79 bits per heavy atom. The number of nitrogens with one attached hydrogen (secondary N) is 1. The van der Waals surface area contributed by atoms with Gasteiger partial charge >= 0.3 is 6.09 Å². The van der Waals surface area contributed by atoms with Crippen molar-refractivity contribution in [2.45, 2.75) is 70.4 Å². The molecule has 2 bridgehead atoms. The van der Waals surface area contributed by atoms with Crippen molar-refractivity contribution in [3.05, 3.63) is 65.0 Å². The number of amides is 1. The van der Waals surface area contributed by atoms with Crippen molar-refractivity contribution in [1.29, 1.82) is 0 Å². The maximum Gasteiger partial charge on any atom is 0.411 e. The van der Waals surface area contributed by atoms with Crippen LogP contribution < -0.4 is 5.32 Å². The number of piperidine rings is 1. The minimum Gasteiger partial charge on any atom is -0.450 e. The fourth-order valence-electron chi connectivity index (χ4n) is 6.95. The Hall–Kier alpha value is -2.40. The van der Waals surface area contributed by atoms with Gasteiger partial charge in [0.15, 0.2) is 0 Å². The molecule has 1 N–H and O–H groups in total. The zero-order valence-corrected chi connectivity index (χ0v) is 19.9. The number of carbonyl (C=O) groups excluding carboxylic acids is 1. The Morgan fingerprint density at radius 1 is 1.24 bits per heavy atom. The van der Waals surface area contributed by atoms with E-state index < -0.39 is 6.09 Å². The minimum atomic E-state index is -0.390. The number of benzene rings is 2. The second-order valence-electron chi connectivity index (χ2n) is 10.4. The molecule has 1 aliphatic heterocycles. The molecule has 4 unspecified atom stereocenters. The molecule has 4 nitrogen and oxygen atoms in total. The maximum absolute atomic E-state index is 13.3. The van der Waals surface area contributed by atoms with Gasteiger partial charge in [-0.3, -0.25) is 10.2 Å². The molecule has 2 fully saturated rings. The van der Waals surface area contributed by atoms with Crippen LogP contribution >= 0.6 is 0 Å². The number of hydrogen-bond donors (Lipinski definition) is 1.